The Morgan fingerprint density at radius 3 is 2.48 bits per heavy atom. The Bertz CT molecular complexity index is 1260. The Kier molecular flexibility index (Phi) is 5.14. The molecule has 0 N–H and O–H groups in total. The largest absolute Gasteiger partial charge is 0.457 e. The maximum absolute atomic E-state index is 12.9. The fourth-order valence-corrected chi connectivity index (χ4v) is 3.81. The van der Waals surface area contributed by atoms with Gasteiger partial charge in [0.25, 0.3) is 0 Å². The van der Waals surface area contributed by atoms with Crippen molar-refractivity contribution in [1.29, 1.82) is 0 Å². The molecule has 5 rings (SSSR count). The molecule has 0 atom stereocenters. The van der Waals surface area contributed by atoms with E-state index in [1.54, 1.807) is 18.3 Å². The second-order valence-corrected chi connectivity index (χ2v) is 7.69. The summed E-state index contributed by atoms with van der Waals surface area (Å²) in [6, 6.07) is 20.6. The molecule has 4 aromatic rings. The predicted molar refractivity (Wildman–Crippen MR) is 122 cm³/mol. The number of fused-ring (bicyclic) bond motifs is 1. The molecule has 0 bridgehead atoms. The summed E-state index contributed by atoms with van der Waals surface area (Å²) in [6.07, 6.45) is 1.64. The van der Waals surface area contributed by atoms with Gasteiger partial charge in [-0.15, -0.1) is 0 Å². The van der Waals surface area contributed by atoms with Gasteiger partial charge < -0.3 is 19.0 Å². The molecule has 0 amide bonds. The van der Waals surface area contributed by atoms with Crippen LogP contribution in [0.15, 0.2) is 82.1 Å². The molecule has 0 spiro atoms. The number of hydrogen-bond acceptors (Lipinski definition) is 6. The molecule has 156 valence electrons. The minimum atomic E-state index is -0.0692. The summed E-state index contributed by atoms with van der Waals surface area (Å²) in [6.45, 7) is 3.48. The number of para-hydroxylation sites is 2. The lowest BCUT2D eigenvalue weighted by molar-refractivity contribution is 0.306. The normalized spacial score (nSPS) is 14.7. The van der Waals surface area contributed by atoms with Gasteiger partial charge in [0, 0.05) is 44.0 Å². The van der Waals surface area contributed by atoms with Crippen molar-refractivity contribution in [3.63, 3.8) is 0 Å². The first-order valence-electron chi connectivity index (χ1n) is 10.4. The second kappa shape index (κ2) is 8.24. The van der Waals surface area contributed by atoms with E-state index in [1.807, 2.05) is 54.6 Å². The van der Waals surface area contributed by atoms with E-state index in [-0.39, 0.29) is 5.43 Å². The Morgan fingerprint density at radius 1 is 0.935 bits per heavy atom. The molecule has 6 nitrogen and oxygen atoms in total. The van der Waals surface area contributed by atoms with Gasteiger partial charge in [-0.2, -0.15) is 0 Å². The maximum atomic E-state index is 12.9. The molecule has 2 aromatic carbocycles. The zero-order valence-corrected chi connectivity index (χ0v) is 17.3. The van der Waals surface area contributed by atoms with Gasteiger partial charge in [0.2, 0.25) is 0 Å². The van der Waals surface area contributed by atoms with Gasteiger partial charge in [0.1, 0.15) is 17.2 Å². The number of ether oxygens (including phenoxy) is 1. The number of benzene rings is 2. The SMILES string of the molecule is CN1CCN(c2cc(=O)c3ccnc(-c4ccccc4Oc4ccccc4)c3o2)CC1. The van der Waals surface area contributed by atoms with Crippen LogP contribution >= 0.6 is 0 Å². The van der Waals surface area contributed by atoms with Gasteiger partial charge in [-0.3, -0.25) is 9.78 Å². The minimum Gasteiger partial charge on any atom is -0.457 e. The van der Waals surface area contributed by atoms with Crippen LogP contribution in [0.4, 0.5) is 5.88 Å². The van der Waals surface area contributed by atoms with E-state index in [1.165, 1.54) is 0 Å². The smallest absolute Gasteiger partial charge is 0.200 e. The number of rotatable bonds is 4. The first kappa shape index (κ1) is 19.3. The van der Waals surface area contributed by atoms with E-state index in [9.17, 15) is 4.79 Å². The first-order valence-corrected chi connectivity index (χ1v) is 10.4. The lowest BCUT2D eigenvalue weighted by Crippen LogP contribution is -2.44. The predicted octanol–water partition coefficient (Wildman–Crippen LogP) is 4.40. The van der Waals surface area contributed by atoms with Crippen molar-refractivity contribution in [2.75, 3.05) is 38.1 Å². The highest BCUT2D eigenvalue weighted by Gasteiger charge is 2.20. The number of aromatic nitrogens is 1. The summed E-state index contributed by atoms with van der Waals surface area (Å²) in [5, 5.41) is 0.511. The van der Waals surface area contributed by atoms with Crippen LogP contribution in [0.3, 0.4) is 0 Å². The average molecular weight is 413 g/mol. The Labute approximate surface area is 180 Å². The van der Waals surface area contributed by atoms with Gasteiger partial charge in [0.15, 0.2) is 16.9 Å². The zero-order chi connectivity index (χ0) is 21.2. The third-order valence-electron chi connectivity index (χ3n) is 5.56. The summed E-state index contributed by atoms with van der Waals surface area (Å²) < 4.78 is 12.4. The molecule has 1 aliphatic rings. The third kappa shape index (κ3) is 3.90. The summed E-state index contributed by atoms with van der Waals surface area (Å²) in [7, 11) is 2.10. The lowest BCUT2D eigenvalue weighted by Gasteiger charge is -2.32. The summed E-state index contributed by atoms with van der Waals surface area (Å²) in [5.41, 5.74) is 1.78. The van der Waals surface area contributed by atoms with Gasteiger partial charge in [-0.1, -0.05) is 30.3 Å². The molecule has 0 aliphatic carbocycles. The monoisotopic (exact) mass is 413 g/mol. The topological polar surface area (TPSA) is 58.8 Å². The Hall–Kier alpha value is -3.64. The van der Waals surface area contributed by atoms with Crippen molar-refractivity contribution >= 4 is 16.9 Å². The van der Waals surface area contributed by atoms with E-state index >= 15 is 0 Å². The van der Waals surface area contributed by atoms with Crippen LogP contribution in [-0.2, 0) is 0 Å². The van der Waals surface area contributed by atoms with Crippen LogP contribution in [0.5, 0.6) is 11.5 Å². The van der Waals surface area contributed by atoms with Crippen LogP contribution in [0.2, 0.25) is 0 Å². The molecule has 0 saturated carbocycles. The number of hydrogen-bond donors (Lipinski definition) is 0. The second-order valence-electron chi connectivity index (χ2n) is 7.69. The quantitative estimate of drug-likeness (QED) is 0.494. The molecule has 31 heavy (non-hydrogen) atoms. The van der Waals surface area contributed by atoms with Crippen molar-refractivity contribution in [3.8, 4) is 22.8 Å². The van der Waals surface area contributed by atoms with Crippen LogP contribution in [0.1, 0.15) is 0 Å². The van der Waals surface area contributed by atoms with Crippen molar-refractivity contribution in [3.05, 3.63) is 83.2 Å². The molecular weight excluding hydrogens is 390 g/mol. The fourth-order valence-electron chi connectivity index (χ4n) is 3.81. The Morgan fingerprint density at radius 2 is 1.68 bits per heavy atom. The average Bonchev–Trinajstić information content (AvgIpc) is 2.80. The maximum Gasteiger partial charge on any atom is 0.200 e. The van der Waals surface area contributed by atoms with Crippen molar-refractivity contribution in [1.82, 2.24) is 9.88 Å². The van der Waals surface area contributed by atoms with E-state index in [0.29, 0.717) is 28.3 Å². The minimum absolute atomic E-state index is 0.0692. The highest BCUT2D eigenvalue weighted by atomic mass is 16.5. The van der Waals surface area contributed by atoms with Crippen molar-refractivity contribution in [2.24, 2.45) is 0 Å². The van der Waals surface area contributed by atoms with Crippen LogP contribution < -0.4 is 15.1 Å². The molecule has 6 heteroatoms. The molecule has 1 fully saturated rings. The highest BCUT2D eigenvalue weighted by molar-refractivity contribution is 5.91. The molecule has 1 aliphatic heterocycles. The van der Waals surface area contributed by atoms with Crippen LogP contribution in [0.25, 0.3) is 22.2 Å². The van der Waals surface area contributed by atoms with Crippen molar-refractivity contribution < 1.29 is 9.15 Å². The molecule has 1 saturated heterocycles. The molecule has 0 unspecified atom stereocenters. The molecule has 0 radical (unpaired) electrons. The zero-order valence-electron chi connectivity index (χ0n) is 17.3. The molecular formula is C25H23N3O3. The third-order valence-corrected chi connectivity index (χ3v) is 5.56. The lowest BCUT2D eigenvalue weighted by atomic mass is 10.1. The number of pyridine rings is 1. The number of piperazine rings is 1. The van der Waals surface area contributed by atoms with Gasteiger partial charge in [-0.25, -0.2) is 0 Å². The summed E-state index contributed by atoms with van der Waals surface area (Å²) >= 11 is 0. The molecule has 3 heterocycles. The van der Waals surface area contributed by atoms with Crippen molar-refractivity contribution in [2.45, 2.75) is 0 Å². The van der Waals surface area contributed by atoms with Gasteiger partial charge in [-0.05, 0) is 37.4 Å². The van der Waals surface area contributed by atoms with Crippen LogP contribution in [-0.4, -0.2) is 43.1 Å². The number of likely N-dealkylation sites (N-methyl/N-ethyl adjacent to an activating group) is 1. The fraction of sp³-hybridized carbons (Fsp3) is 0.200. The van der Waals surface area contributed by atoms with Crippen LogP contribution in [0, 0.1) is 0 Å². The molecule has 2 aromatic heterocycles. The van der Waals surface area contributed by atoms with E-state index in [0.717, 1.165) is 37.5 Å². The van der Waals surface area contributed by atoms with E-state index in [4.69, 9.17) is 9.15 Å². The summed E-state index contributed by atoms with van der Waals surface area (Å²) in [4.78, 5) is 21.9. The van der Waals surface area contributed by atoms with Gasteiger partial charge in [0.05, 0.1) is 5.39 Å². The first-order chi connectivity index (χ1) is 15.2. The van der Waals surface area contributed by atoms with E-state index < -0.39 is 0 Å². The van der Waals surface area contributed by atoms with E-state index in [2.05, 4.69) is 21.8 Å². The standard InChI is InChI=1S/C25H23N3O3/c1-27-13-15-28(16-14-27)23-17-21(29)19-11-12-26-24(25(19)31-23)20-9-5-6-10-22(20)30-18-7-3-2-4-8-18/h2-12,17H,13-16H2,1H3. The highest BCUT2D eigenvalue weighted by Crippen LogP contribution is 2.36. The summed E-state index contributed by atoms with van der Waals surface area (Å²) in [5.74, 6) is 1.97. The number of anilines is 1. The Balaban J connectivity index is 1.62. The van der Waals surface area contributed by atoms with Gasteiger partial charge >= 0.3 is 0 Å². The number of nitrogens with zero attached hydrogens (tertiary/aromatic N) is 3.